The van der Waals surface area contributed by atoms with Crippen molar-refractivity contribution in [2.24, 2.45) is 5.73 Å². The number of benzene rings is 1. The number of piperazine rings is 1. The number of hydrogen-bond acceptors (Lipinski definition) is 3. The van der Waals surface area contributed by atoms with Gasteiger partial charge in [0.15, 0.2) is 0 Å². The van der Waals surface area contributed by atoms with Gasteiger partial charge in [0.05, 0.1) is 0 Å². The average Bonchev–Trinajstić information content (AvgIpc) is 2.46. The molecule has 1 atom stereocenters. The molecule has 1 aromatic rings. The van der Waals surface area contributed by atoms with Crippen LogP contribution in [-0.2, 0) is 4.79 Å². The number of rotatable bonds is 4. The maximum atomic E-state index is 11.3. The molecule has 1 aromatic carbocycles. The van der Waals surface area contributed by atoms with E-state index in [-0.39, 0.29) is 5.91 Å². The van der Waals surface area contributed by atoms with Gasteiger partial charge in [-0.2, -0.15) is 0 Å². The maximum absolute atomic E-state index is 11.3. The minimum atomic E-state index is 0.179. The van der Waals surface area contributed by atoms with Crippen molar-refractivity contribution in [3.05, 3.63) is 35.9 Å². The molecule has 0 aromatic heterocycles. The van der Waals surface area contributed by atoms with Crippen LogP contribution in [0.3, 0.4) is 0 Å². The average molecular weight is 261 g/mol. The number of hydrogen-bond donors (Lipinski definition) is 1. The van der Waals surface area contributed by atoms with Crippen LogP contribution in [0.4, 0.5) is 0 Å². The molecule has 104 valence electrons. The Hall–Kier alpha value is -1.39. The van der Waals surface area contributed by atoms with Crippen LogP contribution >= 0.6 is 0 Å². The van der Waals surface area contributed by atoms with Crippen LogP contribution in [0, 0.1) is 0 Å². The molecule has 1 amide bonds. The van der Waals surface area contributed by atoms with Crippen molar-refractivity contribution >= 4 is 5.91 Å². The highest BCUT2D eigenvalue weighted by Crippen LogP contribution is 2.16. The van der Waals surface area contributed by atoms with Crippen molar-refractivity contribution < 1.29 is 4.79 Å². The normalized spacial score (nSPS) is 18.3. The first-order chi connectivity index (χ1) is 9.20. The van der Waals surface area contributed by atoms with Crippen LogP contribution in [0.15, 0.2) is 30.3 Å². The van der Waals surface area contributed by atoms with E-state index in [9.17, 15) is 4.79 Å². The zero-order valence-electron chi connectivity index (χ0n) is 11.6. The Morgan fingerprint density at radius 1 is 1.21 bits per heavy atom. The largest absolute Gasteiger partial charge is 0.340 e. The maximum Gasteiger partial charge on any atom is 0.219 e. The monoisotopic (exact) mass is 261 g/mol. The Morgan fingerprint density at radius 3 is 2.37 bits per heavy atom. The van der Waals surface area contributed by atoms with Crippen molar-refractivity contribution in [1.29, 1.82) is 0 Å². The SMILES string of the molecule is CC(=O)N1CCN(CC(CN)c2ccccc2)CC1. The first-order valence-corrected chi connectivity index (χ1v) is 6.93. The van der Waals surface area contributed by atoms with E-state index in [0.29, 0.717) is 12.5 Å². The molecule has 4 heteroatoms. The fourth-order valence-corrected chi connectivity index (χ4v) is 2.60. The third kappa shape index (κ3) is 3.78. The molecule has 0 radical (unpaired) electrons. The van der Waals surface area contributed by atoms with Crippen LogP contribution in [0.25, 0.3) is 0 Å². The van der Waals surface area contributed by atoms with Crippen molar-refractivity contribution in [3.8, 4) is 0 Å². The van der Waals surface area contributed by atoms with Crippen LogP contribution in [0.5, 0.6) is 0 Å². The molecule has 19 heavy (non-hydrogen) atoms. The molecule has 0 aliphatic carbocycles. The molecular weight excluding hydrogens is 238 g/mol. The van der Waals surface area contributed by atoms with Gasteiger partial charge in [-0.3, -0.25) is 9.69 Å². The van der Waals surface area contributed by atoms with Gasteiger partial charge < -0.3 is 10.6 Å². The third-order valence-electron chi connectivity index (χ3n) is 3.85. The summed E-state index contributed by atoms with van der Waals surface area (Å²) in [6.07, 6.45) is 0. The summed E-state index contributed by atoms with van der Waals surface area (Å²) in [5.41, 5.74) is 7.21. The van der Waals surface area contributed by atoms with E-state index in [1.54, 1.807) is 6.92 Å². The highest BCUT2D eigenvalue weighted by atomic mass is 16.2. The third-order valence-corrected chi connectivity index (χ3v) is 3.85. The highest BCUT2D eigenvalue weighted by molar-refractivity contribution is 5.73. The molecule has 0 saturated carbocycles. The van der Waals surface area contributed by atoms with Gasteiger partial charge in [-0.25, -0.2) is 0 Å². The van der Waals surface area contributed by atoms with Gasteiger partial charge in [0.1, 0.15) is 0 Å². The molecular formula is C15H23N3O. The Kier molecular flexibility index (Phi) is 4.93. The van der Waals surface area contributed by atoms with E-state index >= 15 is 0 Å². The first-order valence-electron chi connectivity index (χ1n) is 6.93. The van der Waals surface area contributed by atoms with Gasteiger partial charge in [-0.05, 0) is 5.56 Å². The molecule has 1 heterocycles. The summed E-state index contributed by atoms with van der Waals surface area (Å²) >= 11 is 0. The molecule has 0 bridgehead atoms. The summed E-state index contributed by atoms with van der Waals surface area (Å²) < 4.78 is 0. The fourth-order valence-electron chi connectivity index (χ4n) is 2.60. The van der Waals surface area contributed by atoms with Crippen molar-refractivity contribution in [1.82, 2.24) is 9.80 Å². The van der Waals surface area contributed by atoms with Gasteiger partial charge in [-0.1, -0.05) is 30.3 Å². The summed E-state index contributed by atoms with van der Waals surface area (Å²) in [6.45, 7) is 6.85. The van der Waals surface area contributed by atoms with Gasteiger partial charge in [0, 0.05) is 52.1 Å². The van der Waals surface area contributed by atoms with E-state index in [1.807, 2.05) is 11.0 Å². The molecule has 1 fully saturated rings. The molecule has 1 saturated heterocycles. The zero-order chi connectivity index (χ0) is 13.7. The number of carbonyl (C=O) groups excluding carboxylic acids is 1. The second-order valence-electron chi connectivity index (χ2n) is 5.15. The number of nitrogens with two attached hydrogens (primary N) is 1. The summed E-state index contributed by atoms with van der Waals surface area (Å²) in [6, 6.07) is 10.4. The van der Waals surface area contributed by atoms with Crippen LogP contribution in [-0.4, -0.2) is 55.0 Å². The quantitative estimate of drug-likeness (QED) is 0.876. The number of amides is 1. The first kappa shape index (κ1) is 14.0. The van der Waals surface area contributed by atoms with E-state index in [0.717, 1.165) is 32.7 Å². The van der Waals surface area contributed by atoms with E-state index in [2.05, 4.69) is 29.2 Å². The highest BCUT2D eigenvalue weighted by Gasteiger charge is 2.21. The lowest BCUT2D eigenvalue weighted by Crippen LogP contribution is -2.49. The summed E-state index contributed by atoms with van der Waals surface area (Å²) in [5.74, 6) is 0.558. The van der Waals surface area contributed by atoms with Crippen LogP contribution < -0.4 is 5.73 Å². The zero-order valence-corrected chi connectivity index (χ0v) is 11.6. The summed E-state index contributed by atoms with van der Waals surface area (Å²) in [5, 5.41) is 0. The smallest absolute Gasteiger partial charge is 0.219 e. The second-order valence-corrected chi connectivity index (χ2v) is 5.15. The van der Waals surface area contributed by atoms with Gasteiger partial charge in [0.25, 0.3) is 0 Å². The predicted octanol–water partition coefficient (Wildman–Crippen LogP) is 0.893. The molecule has 1 aliphatic rings. The fraction of sp³-hybridized carbons (Fsp3) is 0.533. The Bertz CT molecular complexity index is 399. The van der Waals surface area contributed by atoms with E-state index in [4.69, 9.17) is 5.73 Å². The Balaban J connectivity index is 1.89. The molecule has 2 N–H and O–H groups in total. The van der Waals surface area contributed by atoms with E-state index < -0.39 is 0 Å². The van der Waals surface area contributed by atoms with Crippen molar-refractivity contribution in [2.75, 3.05) is 39.3 Å². The standard InChI is InChI=1S/C15H23N3O/c1-13(19)18-9-7-17(8-10-18)12-15(11-16)14-5-3-2-4-6-14/h2-6,15H,7-12,16H2,1H3. The number of nitrogens with zero attached hydrogens (tertiary/aromatic N) is 2. The molecule has 1 unspecified atom stereocenters. The van der Waals surface area contributed by atoms with Gasteiger partial charge in [0.2, 0.25) is 5.91 Å². The van der Waals surface area contributed by atoms with Crippen LogP contribution in [0.2, 0.25) is 0 Å². The predicted molar refractivity (Wildman–Crippen MR) is 76.9 cm³/mol. The minimum Gasteiger partial charge on any atom is -0.340 e. The van der Waals surface area contributed by atoms with Crippen molar-refractivity contribution in [3.63, 3.8) is 0 Å². The van der Waals surface area contributed by atoms with Gasteiger partial charge in [-0.15, -0.1) is 0 Å². The minimum absolute atomic E-state index is 0.179. The molecule has 0 spiro atoms. The summed E-state index contributed by atoms with van der Waals surface area (Å²) in [4.78, 5) is 15.6. The Labute approximate surface area is 115 Å². The van der Waals surface area contributed by atoms with E-state index in [1.165, 1.54) is 5.56 Å². The molecule has 4 nitrogen and oxygen atoms in total. The Morgan fingerprint density at radius 2 is 1.84 bits per heavy atom. The second kappa shape index (κ2) is 6.68. The molecule has 2 rings (SSSR count). The lowest BCUT2D eigenvalue weighted by atomic mass is 9.98. The van der Waals surface area contributed by atoms with Crippen LogP contribution in [0.1, 0.15) is 18.4 Å². The van der Waals surface area contributed by atoms with Gasteiger partial charge >= 0.3 is 0 Å². The summed E-state index contributed by atoms with van der Waals surface area (Å²) in [7, 11) is 0. The molecule has 1 aliphatic heterocycles. The topological polar surface area (TPSA) is 49.6 Å². The lowest BCUT2D eigenvalue weighted by molar-refractivity contribution is -0.130. The number of carbonyl (C=O) groups is 1. The van der Waals surface area contributed by atoms with Crippen molar-refractivity contribution in [2.45, 2.75) is 12.8 Å². The lowest BCUT2D eigenvalue weighted by Gasteiger charge is -2.36.